The van der Waals surface area contributed by atoms with E-state index in [1.807, 2.05) is 12.1 Å². The highest BCUT2D eigenvalue weighted by molar-refractivity contribution is 5.04. The van der Waals surface area contributed by atoms with Crippen LogP contribution in [0.1, 0.15) is 12.8 Å². The van der Waals surface area contributed by atoms with E-state index >= 15 is 0 Å². The maximum absolute atomic E-state index is 8.23. The first-order valence-electron chi connectivity index (χ1n) is 3.57. The first-order valence-corrected chi connectivity index (χ1v) is 3.57. The van der Waals surface area contributed by atoms with Crippen LogP contribution in [0.25, 0.3) is 0 Å². The second kappa shape index (κ2) is 4.08. The lowest BCUT2D eigenvalue weighted by Crippen LogP contribution is -2.13. The summed E-state index contributed by atoms with van der Waals surface area (Å²) < 4.78 is 5.16. The van der Waals surface area contributed by atoms with Crippen LogP contribution in [0, 0.1) is 17.2 Å². The molecule has 1 aliphatic heterocycles. The van der Waals surface area contributed by atoms with Crippen molar-refractivity contribution in [1.29, 1.82) is 5.26 Å². The van der Waals surface area contributed by atoms with Crippen LogP contribution >= 0.6 is 0 Å². The SMILES string of the molecule is N#C/C=C/C1CCOCC1. The van der Waals surface area contributed by atoms with Crippen LogP contribution in [-0.4, -0.2) is 13.2 Å². The number of allylic oxidation sites excluding steroid dienone is 2. The molecular formula is C8H11NO. The maximum atomic E-state index is 8.23. The second-order valence-electron chi connectivity index (χ2n) is 2.44. The molecular weight excluding hydrogens is 126 g/mol. The number of nitrogens with zero attached hydrogens (tertiary/aromatic N) is 1. The van der Waals surface area contributed by atoms with Crippen LogP contribution in [0.4, 0.5) is 0 Å². The molecule has 0 spiro atoms. The van der Waals surface area contributed by atoms with Gasteiger partial charge in [0.25, 0.3) is 0 Å². The van der Waals surface area contributed by atoms with Gasteiger partial charge in [-0.05, 0) is 18.8 Å². The molecule has 1 aliphatic rings. The van der Waals surface area contributed by atoms with Crippen molar-refractivity contribution in [2.45, 2.75) is 12.8 Å². The van der Waals surface area contributed by atoms with E-state index in [0.717, 1.165) is 26.1 Å². The molecule has 0 aromatic rings. The smallest absolute Gasteiger partial charge is 0.0908 e. The maximum Gasteiger partial charge on any atom is 0.0908 e. The number of nitriles is 1. The van der Waals surface area contributed by atoms with Crippen molar-refractivity contribution < 1.29 is 4.74 Å². The second-order valence-corrected chi connectivity index (χ2v) is 2.44. The summed E-state index contributed by atoms with van der Waals surface area (Å²) in [6.45, 7) is 1.70. The molecule has 0 aliphatic carbocycles. The Bertz CT molecular complexity index is 151. The van der Waals surface area contributed by atoms with E-state index in [4.69, 9.17) is 10.00 Å². The summed E-state index contributed by atoms with van der Waals surface area (Å²) in [5.74, 6) is 0.577. The number of ether oxygens (including phenoxy) is 1. The Balaban J connectivity index is 2.27. The molecule has 1 rings (SSSR count). The van der Waals surface area contributed by atoms with Gasteiger partial charge < -0.3 is 4.74 Å². The van der Waals surface area contributed by atoms with Gasteiger partial charge in [-0.3, -0.25) is 0 Å². The predicted molar refractivity (Wildman–Crippen MR) is 38.3 cm³/mol. The standard InChI is InChI=1S/C8H11NO/c9-5-1-2-8-3-6-10-7-4-8/h1-2,8H,3-4,6-7H2/b2-1+. The summed E-state index contributed by atoms with van der Waals surface area (Å²) in [7, 11) is 0. The largest absolute Gasteiger partial charge is 0.381 e. The summed E-state index contributed by atoms with van der Waals surface area (Å²) in [5, 5.41) is 8.23. The molecule has 2 nitrogen and oxygen atoms in total. The third kappa shape index (κ3) is 2.20. The Morgan fingerprint density at radius 1 is 1.40 bits per heavy atom. The van der Waals surface area contributed by atoms with Crippen LogP contribution in [0.15, 0.2) is 12.2 Å². The van der Waals surface area contributed by atoms with E-state index in [0.29, 0.717) is 5.92 Å². The molecule has 54 valence electrons. The summed E-state index contributed by atoms with van der Waals surface area (Å²) in [6, 6.07) is 1.99. The van der Waals surface area contributed by atoms with Gasteiger partial charge in [0.2, 0.25) is 0 Å². The Labute approximate surface area is 61.1 Å². The van der Waals surface area contributed by atoms with E-state index < -0.39 is 0 Å². The molecule has 1 heterocycles. The zero-order valence-corrected chi connectivity index (χ0v) is 5.92. The summed E-state index contributed by atoms with van der Waals surface area (Å²) in [6.07, 6.45) is 5.68. The fourth-order valence-electron chi connectivity index (χ4n) is 1.09. The molecule has 0 aromatic carbocycles. The highest BCUT2D eigenvalue weighted by atomic mass is 16.5. The highest BCUT2D eigenvalue weighted by Gasteiger charge is 2.09. The fraction of sp³-hybridized carbons (Fsp3) is 0.625. The van der Waals surface area contributed by atoms with Crippen LogP contribution in [0.2, 0.25) is 0 Å². The molecule has 0 aromatic heterocycles. The van der Waals surface area contributed by atoms with E-state index in [1.165, 1.54) is 0 Å². The van der Waals surface area contributed by atoms with Crippen molar-refractivity contribution in [2.75, 3.05) is 13.2 Å². The summed E-state index contributed by atoms with van der Waals surface area (Å²) >= 11 is 0. The van der Waals surface area contributed by atoms with Gasteiger partial charge in [0.05, 0.1) is 6.07 Å². The molecule has 0 N–H and O–H groups in total. The normalized spacial score (nSPS) is 21.1. The van der Waals surface area contributed by atoms with Gasteiger partial charge in [-0.1, -0.05) is 6.08 Å². The van der Waals surface area contributed by atoms with Gasteiger partial charge >= 0.3 is 0 Å². The summed E-state index contributed by atoms with van der Waals surface area (Å²) in [5.41, 5.74) is 0. The van der Waals surface area contributed by atoms with E-state index in [-0.39, 0.29) is 0 Å². The highest BCUT2D eigenvalue weighted by Crippen LogP contribution is 2.15. The van der Waals surface area contributed by atoms with Gasteiger partial charge in [0.1, 0.15) is 0 Å². The molecule has 0 unspecified atom stereocenters. The third-order valence-corrected chi connectivity index (χ3v) is 1.71. The van der Waals surface area contributed by atoms with E-state index in [1.54, 1.807) is 6.08 Å². The molecule has 1 saturated heterocycles. The van der Waals surface area contributed by atoms with Gasteiger partial charge in [-0.25, -0.2) is 0 Å². The molecule has 10 heavy (non-hydrogen) atoms. The van der Waals surface area contributed by atoms with Crippen molar-refractivity contribution in [2.24, 2.45) is 5.92 Å². The molecule has 0 saturated carbocycles. The molecule has 0 atom stereocenters. The minimum atomic E-state index is 0.577. The minimum absolute atomic E-state index is 0.577. The number of hydrogen-bond acceptors (Lipinski definition) is 2. The van der Waals surface area contributed by atoms with Crippen molar-refractivity contribution >= 4 is 0 Å². The molecule has 0 amide bonds. The number of hydrogen-bond donors (Lipinski definition) is 0. The van der Waals surface area contributed by atoms with Gasteiger partial charge in [0, 0.05) is 19.3 Å². The van der Waals surface area contributed by atoms with E-state index in [2.05, 4.69) is 0 Å². The lowest BCUT2D eigenvalue weighted by molar-refractivity contribution is 0.0785. The molecule has 2 heteroatoms. The Morgan fingerprint density at radius 3 is 2.70 bits per heavy atom. The summed E-state index contributed by atoms with van der Waals surface area (Å²) in [4.78, 5) is 0. The van der Waals surface area contributed by atoms with Gasteiger partial charge in [-0.2, -0.15) is 5.26 Å². The quantitative estimate of drug-likeness (QED) is 0.513. The van der Waals surface area contributed by atoms with Crippen LogP contribution in [-0.2, 0) is 4.74 Å². The zero-order valence-electron chi connectivity index (χ0n) is 5.92. The first kappa shape index (κ1) is 7.30. The Kier molecular flexibility index (Phi) is 2.98. The van der Waals surface area contributed by atoms with Crippen molar-refractivity contribution in [3.63, 3.8) is 0 Å². The number of rotatable bonds is 1. The molecule has 0 bridgehead atoms. The first-order chi connectivity index (χ1) is 4.93. The minimum Gasteiger partial charge on any atom is -0.381 e. The topological polar surface area (TPSA) is 33.0 Å². The van der Waals surface area contributed by atoms with Crippen molar-refractivity contribution in [1.82, 2.24) is 0 Å². The zero-order chi connectivity index (χ0) is 7.23. The fourth-order valence-corrected chi connectivity index (χ4v) is 1.09. The average Bonchev–Trinajstić information content (AvgIpc) is 2.03. The Morgan fingerprint density at radius 2 is 2.10 bits per heavy atom. The van der Waals surface area contributed by atoms with Crippen molar-refractivity contribution in [3.8, 4) is 6.07 Å². The Hall–Kier alpha value is -0.810. The predicted octanol–water partition coefficient (Wildman–Crippen LogP) is 1.49. The monoisotopic (exact) mass is 137 g/mol. The van der Waals surface area contributed by atoms with E-state index in [9.17, 15) is 0 Å². The third-order valence-electron chi connectivity index (χ3n) is 1.71. The van der Waals surface area contributed by atoms with Crippen LogP contribution < -0.4 is 0 Å². The average molecular weight is 137 g/mol. The van der Waals surface area contributed by atoms with Crippen molar-refractivity contribution in [3.05, 3.63) is 12.2 Å². The molecule has 1 fully saturated rings. The van der Waals surface area contributed by atoms with Gasteiger partial charge in [0.15, 0.2) is 0 Å². The van der Waals surface area contributed by atoms with Crippen LogP contribution in [0.5, 0.6) is 0 Å². The lowest BCUT2D eigenvalue weighted by Gasteiger charge is -2.17. The van der Waals surface area contributed by atoms with Crippen LogP contribution in [0.3, 0.4) is 0 Å². The lowest BCUT2D eigenvalue weighted by atomic mass is 10.0. The van der Waals surface area contributed by atoms with Gasteiger partial charge in [-0.15, -0.1) is 0 Å². The molecule has 0 radical (unpaired) electrons.